The Balaban J connectivity index is 3.20. The maximum absolute atomic E-state index is 13.5. The predicted octanol–water partition coefficient (Wildman–Crippen LogP) is 0.970. The number of halogens is 1. The van der Waals surface area contributed by atoms with Crippen LogP contribution >= 0.6 is 0 Å². The molecule has 0 heterocycles. The lowest BCUT2D eigenvalue weighted by Crippen LogP contribution is -2.41. The average molecular weight is 318 g/mol. The van der Waals surface area contributed by atoms with E-state index in [0.717, 1.165) is 18.2 Å². The van der Waals surface area contributed by atoms with E-state index in [0.29, 0.717) is 13.2 Å². The fourth-order valence-electron chi connectivity index (χ4n) is 2.00. The lowest BCUT2D eigenvalue weighted by Gasteiger charge is -2.27. The maximum Gasteiger partial charge on any atom is 0.254 e. The summed E-state index contributed by atoms with van der Waals surface area (Å²) >= 11 is 0. The Bertz CT molecular complexity index is 619. The molecule has 0 aliphatic heterocycles. The number of carbonyl (C=O) groups excluding carboxylic acids is 1. The molecule has 1 unspecified atom stereocenters. The van der Waals surface area contributed by atoms with Gasteiger partial charge in [0.05, 0.1) is 17.5 Å². The normalized spacial score (nSPS) is 13.0. The van der Waals surface area contributed by atoms with Crippen molar-refractivity contribution in [2.24, 2.45) is 5.14 Å². The van der Waals surface area contributed by atoms with Gasteiger partial charge in [-0.1, -0.05) is 0 Å². The van der Waals surface area contributed by atoms with E-state index in [1.807, 2.05) is 0 Å². The van der Waals surface area contributed by atoms with Gasteiger partial charge in [0.15, 0.2) is 0 Å². The molecule has 0 bridgehead atoms. The third kappa shape index (κ3) is 4.48. The van der Waals surface area contributed by atoms with Crippen molar-refractivity contribution in [3.63, 3.8) is 0 Å². The van der Waals surface area contributed by atoms with E-state index < -0.39 is 26.6 Å². The molecule has 8 heteroatoms. The first kappa shape index (κ1) is 17.5. The fraction of sp³-hybridized carbons (Fsp3) is 0.462. The molecule has 1 rings (SSSR count). The molecule has 1 aromatic rings. The second-order valence-corrected chi connectivity index (χ2v) is 6.18. The summed E-state index contributed by atoms with van der Waals surface area (Å²) in [7, 11) is -2.57. The first-order chi connectivity index (χ1) is 9.70. The summed E-state index contributed by atoms with van der Waals surface area (Å²) in [4.78, 5) is 13.4. The Morgan fingerprint density at radius 3 is 2.52 bits per heavy atom. The molecule has 1 aromatic carbocycles. The molecular weight excluding hydrogens is 299 g/mol. The van der Waals surface area contributed by atoms with Crippen LogP contribution in [0.3, 0.4) is 0 Å². The van der Waals surface area contributed by atoms with E-state index in [4.69, 9.17) is 9.88 Å². The van der Waals surface area contributed by atoms with Gasteiger partial charge in [-0.3, -0.25) is 4.79 Å². The van der Waals surface area contributed by atoms with Gasteiger partial charge in [0.25, 0.3) is 5.91 Å². The standard InChI is InChI=1S/C13H19FN2O4S/c1-4-16(9(2)8-20-3)13(17)10-5-11(14)7-12(6-10)21(15,18)19/h5-7,9H,4,8H2,1-3H3,(H2,15,18,19). The first-order valence-corrected chi connectivity index (χ1v) is 7.88. The molecule has 118 valence electrons. The molecule has 1 atom stereocenters. The van der Waals surface area contributed by atoms with Crippen LogP contribution in [0.25, 0.3) is 0 Å². The van der Waals surface area contributed by atoms with Crippen molar-refractivity contribution >= 4 is 15.9 Å². The molecule has 0 spiro atoms. The molecule has 0 radical (unpaired) electrons. The number of sulfonamides is 1. The Morgan fingerprint density at radius 1 is 1.43 bits per heavy atom. The number of carbonyl (C=O) groups is 1. The van der Waals surface area contributed by atoms with Crippen molar-refractivity contribution in [2.75, 3.05) is 20.3 Å². The van der Waals surface area contributed by atoms with E-state index in [1.165, 1.54) is 12.0 Å². The van der Waals surface area contributed by atoms with E-state index in [1.54, 1.807) is 13.8 Å². The van der Waals surface area contributed by atoms with Crippen LogP contribution in [0, 0.1) is 5.82 Å². The van der Waals surface area contributed by atoms with Gasteiger partial charge >= 0.3 is 0 Å². The third-order valence-electron chi connectivity index (χ3n) is 2.99. The summed E-state index contributed by atoms with van der Waals surface area (Å²) in [6.07, 6.45) is 0. The Labute approximate surface area is 123 Å². The van der Waals surface area contributed by atoms with Crippen molar-refractivity contribution < 1.29 is 22.3 Å². The highest BCUT2D eigenvalue weighted by Crippen LogP contribution is 2.16. The van der Waals surface area contributed by atoms with Gasteiger partial charge in [0, 0.05) is 19.2 Å². The zero-order valence-electron chi connectivity index (χ0n) is 12.2. The van der Waals surface area contributed by atoms with Gasteiger partial charge in [0.2, 0.25) is 10.0 Å². The minimum Gasteiger partial charge on any atom is -0.383 e. The monoisotopic (exact) mass is 318 g/mol. The molecule has 2 N–H and O–H groups in total. The lowest BCUT2D eigenvalue weighted by molar-refractivity contribution is 0.0578. The zero-order chi connectivity index (χ0) is 16.2. The van der Waals surface area contributed by atoms with Crippen LogP contribution in [-0.4, -0.2) is 45.5 Å². The van der Waals surface area contributed by atoms with Gasteiger partial charge in [-0.2, -0.15) is 0 Å². The van der Waals surface area contributed by atoms with Crippen molar-refractivity contribution in [1.82, 2.24) is 4.90 Å². The summed E-state index contributed by atoms with van der Waals surface area (Å²) in [5.74, 6) is -1.31. The van der Waals surface area contributed by atoms with Crippen LogP contribution in [-0.2, 0) is 14.8 Å². The molecular formula is C13H19FN2O4S. The summed E-state index contributed by atoms with van der Waals surface area (Å²) in [6, 6.07) is 2.61. The molecule has 1 amide bonds. The molecule has 6 nitrogen and oxygen atoms in total. The number of primary sulfonamides is 1. The Kier molecular flexibility index (Phi) is 5.82. The summed E-state index contributed by atoms with van der Waals surface area (Å²) < 4.78 is 41.1. The van der Waals surface area contributed by atoms with Gasteiger partial charge in [0.1, 0.15) is 5.82 Å². The van der Waals surface area contributed by atoms with E-state index >= 15 is 0 Å². The summed E-state index contributed by atoms with van der Waals surface area (Å²) in [6.45, 7) is 4.25. The number of methoxy groups -OCH3 is 1. The number of rotatable bonds is 6. The van der Waals surface area contributed by atoms with Crippen molar-refractivity contribution in [3.8, 4) is 0 Å². The highest BCUT2D eigenvalue weighted by atomic mass is 32.2. The topological polar surface area (TPSA) is 89.7 Å². The van der Waals surface area contributed by atoms with Crippen LogP contribution in [0.1, 0.15) is 24.2 Å². The van der Waals surface area contributed by atoms with Crippen LogP contribution in [0.15, 0.2) is 23.1 Å². The minimum atomic E-state index is -4.08. The summed E-state index contributed by atoms with van der Waals surface area (Å²) in [5.41, 5.74) is -0.0659. The van der Waals surface area contributed by atoms with Gasteiger partial charge in [-0.15, -0.1) is 0 Å². The molecule has 21 heavy (non-hydrogen) atoms. The Hall–Kier alpha value is -1.51. The van der Waals surface area contributed by atoms with Gasteiger partial charge < -0.3 is 9.64 Å². The maximum atomic E-state index is 13.5. The summed E-state index contributed by atoms with van der Waals surface area (Å²) in [5, 5.41) is 4.97. The second kappa shape index (κ2) is 6.97. The molecule has 0 fully saturated rings. The molecule has 0 aliphatic carbocycles. The van der Waals surface area contributed by atoms with Crippen molar-refractivity contribution in [3.05, 3.63) is 29.6 Å². The molecule has 0 saturated carbocycles. The van der Waals surface area contributed by atoms with Crippen LogP contribution < -0.4 is 5.14 Å². The number of ether oxygens (including phenoxy) is 1. The van der Waals surface area contributed by atoms with Gasteiger partial charge in [-0.05, 0) is 32.0 Å². The predicted molar refractivity (Wildman–Crippen MR) is 75.8 cm³/mol. The van der Waals surface area contributed by atoms with Crippen molar-refractivity contribution in [1.29, 1.82) is 0 Å². The first-order valence-electron chi connectivity index (χ1n) is 6.34. The molecule has 0 saturated heterocycles. The number of hydrogen-bond donors (Lipinski definition) is 1. The highest BCUT2D eigenvalue weighted by Gasteiger charge is 2.22. The van der Waals surface area contributed by atoms with E-state index in [2.05, 4.69) is 0 Å². The minimum absolute atomic E-state index is 0.0659. The van der Waals surface area contributed by atoms with Crippen molar-refractivity contribution in [2.45, 2.75) is 24.8 Å². The number of nitrogens with two attached hydrogens (primary N) is 1. The van der Waals surface area contributed by atoms with Gasteiger partial charge in [-0.25, -0.2) is 17.9 Å². The lowest BCUT2D eigenvalue weighted by atomic mass is 10.1. The zero-order valence-corrected chi connectivity index (χ0v) is 13.0. The van der Waals surface area contributed by atoms with E-state index in [9.17, 15) is 17.6 Å². The number of amides is 1. The van der Waals surface area contributed by atoms with Crippen LogP contribution in [0.2, 0.25) is 0 Å². The largest absolute Gasteiger partial charge is 0.383 e. The Morgan fingerprint density at radius 2 is 2.05 bits per heavy atom. The smallest absolute Gasteiger partial charge is 0.254 e. The number of benzene rings is 1. The SMILES string of the molecule is CCN(C(=O)c1cc(F)cc(S(N)(=O)=O)c1)C(C)COC. The van der Waals surface area contributed by atoms with Crippen LogP contribution in [0.4, 0.5) is 4.39 Å². The quantitative estimate of drug-likeness (QED) is 0.846. The number of likely N-dealkylation sites (N-methyl/N-ethyl adjacent to an activating group) is 1. The third-order valence-corrected chi connectivity index (χ3v) is 3.88. The number of nitrogens with zero attached hydrogens (tertiary/aromatic N) is 1. The van der Waals surface area contributed by atoms with Crippen LogP contribution in [0.5, 0.6) is 0 Å². The number of hydrogen-bond acceptors (Lipinski definition) is 4. The van der Waals surface area contributed by atoms with E-state index in [-0.39, 0.29) is 11.6 Å². The average Bonchev–Trinajstić information content (AvgIpc) is 2.38. The second-order valence-electron chi connectivity index (χ2n) is 4.62. The molecule has 0 aliphatic rings. The highest BCUT2D eigenvalue weighted by molar-refractivity contribution is 7.89. The molecule has 0 aromatic heterocycles. The fourth-order valence-corrected chi connectivity index (χ4v) is 2.57.